The maximum atomic E-state index is 11.2. The number of rotatable bonds is 7. The van der Waals surface area contributed by atoms with E-state index in [2.05, 4.69) is 10.3 Å². The molecule has 0 fully saturated rings. The fourth-order valence-corrected chi connectivity index (χ4v) is 2.69. The molecule has 0 amide bonds. The summed E-state index contributed by atoms with van der Waals surface area (Å²) < 4.78 is 11.1. The lowest BCUT2D eigenvalue weighted by molar-refractivity contribution is -0.143. The number of methoxy groups -OCH3 is 1. The minimum atomic E-state index is -0.150. The van der Waals surface area contributed by atoms with Crippen LogP contribution < -0.4 is 10.1 Å². The quantitative estimate of drug-likeness (QED) is 0.628. The molecule has 0 aliphatic carbocycles. The summed E-state index contributed by atoms with van der Waals surface area (Å²) in [6.45, 7) is 2.95. The molecule has 1 heterocycles. The van der Waals surface area contributed by atoms with Gasteiger partial charge in [-0.3, -0.25) is 4.79 Å². The van der Waals surface area contributed by atoms with Crippen molar-refractivity contribution < 1.29 is 14.3 Å². The van der Waals surface area contributed by atoms with Crippen molar-refractivity contribution in [2.24, 2.45) is 0 Å². The Hall–Kier alpha value is -1.82. The molecule has 0 radical (unpaired) electrons. The van der Waals surface area contributed by atoms with Crippen molar-refractivity contribution in [3.63, 3.8) is 0 Å². The second-order valence-corrected chi connectivity index (χ2v) is 5.22. The lowest BCUT2D eigenvalue weighted by Gasteiger charge is -2.02. The van der Waals surface area contributed by atoms with Gasteiger partial charge in [-0.2, -0.15) is 0 Å². The largest absolute Gasteiger partial charge is 0.497 e. The van der Waals surface area contributed by atoms with Gasteiger partial charge in [0.1, 0.15) is 5.75 Å². The summed E-state index contributed by atoms with van der Waals surface area (Å²) in [4.78, 5) is 15.7. The number of esters is 1. The number of fused-ring (bicyclic) bond motifs is 1. The van der Waals surface area contributed by atoms with E-state index in [0.29, 0.717) is 19.6 Å². The highest BCUT2D eigenvalue weighted by Crippen LogP contribution is 2.29. The Balaban J connectivity index is 1.86. The maximum absolute atomic E-state index is 11.2. The number of thiazole rings is 1. The molecule has 1 aromatic carbocycles. The molecule has 0 atom stereocenters. The fraction of sp³-hybridized carbons (Fsp3) is 0.429. The molecule has 2 rings (SSSR count). The predicted octanol–water partition coefficient (Wildman–Crippen LogP) is 3.06. The molecule has 0 unspecified atom stereocenters. The number of benzene rings is 1. The predicted molar refractivity (Wildman–Crippen MR) is 80.5 cm³/mol. The van der Waals surface area contributed by atoms with Gasteiger partial charge < -0.3 is 14.8 Å². The molecule has 6 heteroatoms. The molecule has 0 aliphatic rings. The standard InChI is InChI=1S/C14H18N2O3S/c1-3-19-13(17)5-4-8-15-14-16-11-7-6-10(18-2)9-12(11)20-14/h6-7,9H,3-5,8H2,1-2H3,(H,15,16). The summed E-state index contributed by atoms with van der Waals surface area (Å²) >= 11 is 1.58. The van der Waals surface area contributed by atoms with E-state index in [-0.39, 0.29) is 5.97 Å². The third kappa shape index (κ3) is 3.84. The molecule has 0 aliphatic heterocycles. The first-order valence-electron chi connectivity index (χ1n) is 6.57. The normalized spacial score (nSPS) is 10.5. The Kier molecular flexibility index (Phi) is 5.17. The smallest absolute Gasteiger partial charge is 0.305 e. The van der Waals surface area contributed by atoms with Crippen molar-refractivity contribution in [3.8, 4) is 5.75 Å². The number of nitrogens with one attached hydrogen (secondary N) is 1. The van der Waals surface area contributed by atoms with E-state index in [4.69, 9.17) is 9.47 Å². The van der Waals surface area contributed by atoms with Crippen molar-refractivity contribution in [1.82, 2.24) is 4.98 Å². The zero-order valence-corrected chi connectivity index (χ0v) is 12.5. The molecule has 0 saturated heterocycles. The first-order chi connectivity index (χ1) is 9.72. The van der Waals surface area contributed by atoms with Crippen LogP contribution in [0.15, 0.2) is 18.2 Å². The van der Waals surface area contributed by atoms with Crippen molar-refractivity contribution in [3.05, 3.63) is 18.2 Å². The second kappa shape index (κ2) is 7.09. The van der Waals surface area contributed by atoms with Gasteiger partial charge in [0.25, 0.3) is 0 Å². The number of hydrogen-bond donors (Lipinski definition) is 1. The number of nitrogens with zero attached hydrogens (tertiary/aromatic N) is 1. The average Bonchev–Trinajstić information content (AvgIpc) is 2.85. The van der Waals surface area contributed by atoms with E-state index in [0.717, 1.165) is 27.5 Å². The van der Waals surface area contributed by atoms with E-state index >= 15 is 0 Å². The Morgan fingerprint density at radius 1 is 1.45 bits per heavy atom. The van der Waals surface area contributed by atoms with Crippen LogP contribution in [-0.4, -0.2) is 31.2 Å². The fourth-order valence-electron chi connectivity index (χ4n) is 1.77. The van der Waals surface area contributed by atoms with E-state index in [1.807, 2.05) is 25.1 Å². The summed E-state index contributed by atoms with van der Waals surface area (Å²) in [7, 11) is 1.65. The van der Waals surface area contributed by atoms with Crippen LogP contribution in [0.1, 0.15) is 19.8 Å². The number of anilines is 1. The number of aromatic nitrogens is 1. The topological polar surface area (TPSA) is 60.5 Å². The summed E-state index contributed by atoms with van der Waals surface area (Å²) in [6, 6.07) is 5.80. The SMILES string of the molecule is CCOC(=O)CCCNc1nc2ccc(OC)cc2s1. The van der Waals surface area contributed by atoms with Crippen molar-refractivity contribution in [2.75, 3.05) is 25.6 Å². The van der Waals surface area contributed by atoms with Crippen LogP contribution in [0.3, 0.4) is 0 Å². The van der Waals surface area contributed by atoms with E-state index in [1.54, 1.807) is 18.4 Å². The third-order valence-electron chi connectivity index (χ3n) is 2.73. The van der Waals surface area contributed by atoms with Crippen LogP contribution in [0.5, 0.6) is 5.75 Å². The zero-order valence-electron chi connectivity index (χ0n) is 11.6. The van der Waals surface area contributed by atoms with E-state index < -0.39 is 0 Å². The first kappa shape index (κ1) is 14.6. The van der Waals surface area contributed by atoms with Gasteiger partial charge in [-0.05, 0) is 31.5 Å². The number of carbonyl (C=O) groups is 1. The highest BCUT2D eigenvalue weighted by Gasteiger charge is 2.05. The first-order valence-corrected chi connectivity index (χ1v) is 7.38. The Bertz CT molecular complexity index is 583. The molecule has 0 spiro atoms. The Labute approximate surface area is 121 Å². The molecule has 20 heavy (non-hydrogen) atoms. The van der Waals surface area contributed by atoms with Crippen molar-refractivity contribution in [1.29, 1.82) is 0 Å². The van der Waals surface area contributed by atoms with Gasteiger partial charge in [0.2, 0.25) is 0 Å². The lowest BCUT2D eigenvalue weighted by Crippen LogP contribution is -2.07. The summed E-state index contributed by atoms with van der Waals surface area (Å²) in [5, 5.41) is 4.09. The van der Waals surface area contributed by atoms with Gasteiger partial charge >= 0.3 is 5.97 Å². The Morgan fingerprint density at radius 2 is 2.30 bits per heavy atom. The molecular formula is C14H18N2O3S. The van der Waals surface area contributed by atoms with Crippen LogP contribution in [-0.2, 0) is 9.53 Å². The summed E-state index contributed by atoms with van der Waals surface area (Å²) in [5.74, 6) is 0.679. The Morgan fingerprint density at radius 3 is 3.05 bits per heavy atom. The summed E-state index contributed by atoms with van der Waals surface area (Å²) in [6.07, 6.45) is 1.16. The highest BCUT2D eigenvalue weighted by molar-refractivity contribution is 7.22. The molecule has 0 saturated carbocycles. The molecule has 108 valence electrons. The zero-order chi connectivity index (χ0) is 14.4. The van der Waals surface area contributed by atoms with E-state index in [9.17, 15) is 4.79 Å². The number of hydrogen-bond acceptors (Lipinski definition) is 6. The third-order valence-corrected chi connectivity index (χ3v) is 3.71. The van der Waals surface area contributed by atoms with Crippen LogP contribution >= 0.6 is 11.3 Å². The van der Waals surface area contributed by atoms with Crippen molar-refractivity contribution in [2.45, 2.75) is 19.8 Å². The van der Waals surface area contributed by atoms with Gasteiger partial charge in [-0.1, -0.05) is 11.3 Å². The van der Waals surface area contributed by atoms with E-state index in [1.165, 1.54) is 0 Å². The number of carbonyl (C=O) groups excluding carboxylic acids is 1. The van der Waals surface area contributed by atoms with Gasteiger partial charge in [0.05, 0.1) is 23.9 Å². The van der Waals surface area contributed by atoms with Crippen LogP contribution in [0, 0.1) is 0 Å². The maximum Gasteiger partial charge on any atom is 0.305 e. The minimum absolute atomic E-state index is 0.150. The average molecular weight is 294 g/mol. The lowest BCUT2D eigenvalue weighted by atomic mass is 10.3. The molecule has 1 aromatic heterocycles. The van der Waals surface area contributed by atoms with Crippen molar-refractivity contribution >= 4 is 32.7 Å². The monoisotopic (exact) mass is 294 g/mol. The van der Waals surface area contributed by atoms with Gasteiger partial charge in [-0.25, -0.2) is 4.98 Å². The molecule has 5 nitrogen and oxygen atoms in total. The van der Waals surface area contributed by atoms with Gasteiger partial charge in [-0.15, -0.1) is 0 Å². The number of ether oxygens (including phenoxy) is 2. The molecule has 0 bridgehead atoms. The molecule has 2 aromatic rings. The minimum Gasteiger partial charge on any atom is -0.497 e. The second-order valence-electron chi connectivity index (χ2n) is 4.19. The van der Waals surface area contributed by atoms with Gasteiger partial charge in [0, 0.05) is 13.0 Å². The summed E-state index contributed by atoms with van der Waals surface area (Å²) in [5.41, 5.74) is 0.948. The molecular weight excluding hydrogens is 276 g/mol. The molecule has 1 N–H and O–H groups in total. The van der Waals surface area contributed by atoms with Crippen LogP contribution in [0.4, 0.5) is 5.13 Å². The highest BCUT2D eigenvalue weighted by atomic mass is 32.1. The van der Waals surface area contributed by atoms with Crippen LogP contribution in [0.25, 0.3) is 10.2 Å². The van der Waals surface area contributed by atoms with Crippen LogP contribution in [0.2, 0.25) is 0 Å². The van der Waals surface area contributed by atoms with Gasteiger partial charge in [0.15, 0.2) is 5.13 Å².